The van der Waals surface area contributed by atoms with Crippen molar-refractivity contribution in [2.24, 2.45) is 0 Å². The molecule has 0 aliphatic rings. The molecule has 0 spiro atoms. The van der Waals surface area contributed by atoms with Gasteiger partial charge in [-0.3, -0.25) is 8.57 Å². The van der Waals surface area contributed by atoms with Crippen molar-refractivity contribution in [3.05, 3.63) is 0 Å². The van der Waals surface area contributed by atoms with Crippen LogP contribution in [0.4, 0.5) is 4.39 Å². The number of hydrogen-bond donors (Lipinski definition) is 0. The van der Waals surface area contributed by atoms with Gasteiger partial charge in [0.05, 0.1) is 19.0 Å². The molecule has 0 unspecified atom stereocenters. The van der Waals surface area contributed by atoms with E-state index < -0.39 is 10.1 Å². The summed E-state index contributed by atoms with van der Waals surface area (Å²) in [6.07, 6.45) is 40.3. The molecule has 0 atom stereocenters. The Balaban J connectivity index is 3.23. The maximum absolute atomic E-state index is 12.1. The molecule has 0 aliphatic heterocycles. The van der Waals surface area contributed by atoms with Gasteiger partial charge in [0, 0.05) is 0 Å². The standard InChI is InChI=1S/C36H73FO3S/c1-2-3-4-5-6-7-8-9-10-11-12-13-14-15-16-17-18-20-23-26-29-32-35-40-41(38,39)36-33-30-27-24-21-19-22-25-28-31-34-37/h2-36H2,1H3. The van der Waals surface area contributed by atoms with Crippen LogP contribution in [0.25, 0.3) is 0 Å². The minimum atomic E-state index is -3.35. The zero-order valence-corrected chi connectivity index (χ0v) is 28.6. The molecule has 0 aromatic carbocycles. The van der Waals surface area contributed by atoms with Gasteiger partial charge >= 0.3 is 0 Å². The van der Waals surface area contributed by atoms with E-state index in [1.165, 1.54) is 154 Å². The lowest BCUT2D eigenvalue weighted by molar-refractivity contribution is 0.305. The van der Waals surface area contributed by atoms with Crippen molar-refractivity contribution < 1.29 is 17.0 Å². The van der Waals surface area contributed by atoms with Gasteiger partial charge < -0.3 is 0 Å². The number of hydrogen-bond acceptors (Lipinski definition) is 3. The van der Waals surface area contributed by atoms with Crippen LogP contribution in [0.3, 0.4) is 0 Å². The zero-order valence-electron chi connectivity index (χ0n) is 27.8. The van der Waals surface area contributed by atoms with E-state index in [1.54, 1.807) is 0 Å². The summed E-state index contributed by atoms with van der Waals surface area (Å²) in [5.74, 6) is 0.162. The van der Waals surface area contributed by atoms with Crippen LogP contribution < -0.4 is 0 Å². The van der Waals surface area contributed by atoms with Crippen LogP contribution in [0.2, 0.25) is 0 Å². The Morgan fingerprint density at radius 1 is 0.390 bits per heavy atom. The van der Waals surface area contributed by atoms with Crippen molar-refractivity contribution in [2.75, 3.05) is 19.0 Å². The summed E-state index contributed by atoms with van der Waals surface area (Å²) in [4.78, 5) is 0. The van der Waals surface area contributed by atoms with Gasteiger partial charge in [-0.25, -0.2) is 0 Å². The minimum absolute atomic E-state index is 0.162. The Morgan fingerprint density at radius 2 is 0.659 bits per heavy atom. The number of halogens is 1. The number of alkyl halides is 1. The van der Waals surface area contributed by atoms with Crippen molar-refractivity contribution in [1.82, 2.24) is 0 Å². The molecule has 3 nitrogen and oxygen atoms in total. The van der Waals surface area contributed by atoms with E-state index in [1.807, 2.05) is 0 Å². The molecular weight excluding hydrogens is 531 g/mol. The van der Waals surface area contributed by atoms with E-state index in [4.69, 9.17) is 4.18 Å². The molecular formula is C36H73FO3S. The summed E-state index contributed by atoms with van der Waals surface area (Å²) in [6.45, 7) is 2.45. The normalized spacial score (nSPS) is 12.0. The van der Waals surface area contributed by atoms with Crippen LogP contribution in [0.5, 0.6) is 0 Å². The van der Waals surface area contributed by atoms with Crippen LogP contribution in [0.1, 0.15) is 212 Å². The lowest BCUT2D eigenvalue weighted by Gasteiger charge is -2.06. The first kappa shape index (κ1) is 40.8. The van der Waals surface area contributed by atoms with Crippen LogP contribution in [-0.2, 0) is 14.3 Å². The van der Waals surface area contributed by atoms with Gasteiger partial charge in [-0.2, -0.15) is 8.42 Å². The van der Waals surface area contributed by atoms with Gasteiger partial charge in [-0.15, -0.1) is 0 Å². The first-order valence-electron chi connectivity index (χ1n) is 18.6. The highest BCUT2D eigenvalue weighted by Gasteiger charge is 2.10. The predicted octanol–water partition coefficient (Wildman–Crippen LogP) is 12.8. The van der Waals surface area contributed by atoms with Gasteiger partial charge in [0.2, 0.25) is 0 Å². The van der Waals surface area contributed by atoms with Crippen molar-refractivity contribution in [3.8, 4) is 0 Å². The highest BCUT2D eigenvalue weighted by atomic mass is 32.2. The molecule has 0 rings (SSSR count). The van der Waals surface area contributed by atoms with E-state index >= 15 is 0 Å². The lowest BCUT2D eigenvalue weighted by Crippen LogP contribution is -2.11. The monoisotopic (exact) mass is 605 g/mol. The molecule has 248 valence electrons. The van der Waals surface area contributed by atoms with Gasteiger partial charge in [0.15, 0.2) is 0 Å². The third-order valence-corrected chi connectivity index (χ3v) is 9.85. The van der Waals surface area contributed by atoms with Gasteiger partial charge in [-0.1, -0.05) is 193 Å². The number of unbranched alkanes of at least 4 members (excludes halogenated alkanes) is 30. The van der Waals surface area contributed by atoms with Crippen molar-refractivity contribution in [1.29, 1.82) is 0 Å². The molecule has 0 saturated heterocycles. The van der Waals surface area contributed by atoms with Crippen molar-refractivity contribution >= 4 is 10.1 Å². The lowest BCUT2D eigenvalue weighted by atomic mass is 10.0. The molecule has 5 heteroatoms. The van der Waals surface area contributed by atoms with E-state index in [9.17, 15) is 12.8 Å². The zero-order chi connectivity index (χ0) is 30.0. The fourth-order valence-corrected chi connectivity index (χ4v) is 6.79. The summed E-state index contributed by atoms with van der Waals surface area (Å²) in [5, 5.41) is 0. The fourth-order valence-electron chi connectivity index (χ4n) is 5.74. The van der Waals surface area contributed by atoms with Gasteiger partial charge in [-0.05, 0) is 19.3 Å². The molecule has 0 amide bonds. The molecule has 0 aromatic rings. The highest BCUT2D eigenvalue weighted by molar-refractivity contribution is 7.86. The fraction of sp³-hybridized carbons (Fsp3) is 1.00. The third-order valence-electron chi connectivity index (χ3n) is 8.54. The Morgan fingerprint density at radius 3 is 0.976 bits per heavy atom. The van der Waals surface area contributed by atoms with Crippen LogP contribution in [-0.4, -0.2) is 27.5 Å². The van der Waals surface area contributed by atoms with Gasteiger partial charge in [0.1, 0.15) is 0 Å². The Bertz CT molecular complexity index is 581. The maximum atomic E-state index is 12.1. The molecule has 0 radical (unpaired) electrons. The molecule has 0 saturated carbocycles. The van der Waals surface area contributed by atoms with E-state index in [2.05, 4.69) is 6.92 Å². The summed E-state index contributed by atoms with van der Waals surface area (Å²) < 4.78 is 41.4. The van der Waals surface area contributed by atoms with Crippen LogP contribution >= 0.6 is 0 Å². The second-order valence-electron chi connectivity index (χ2n) is 12.7. The summed E-state index contributed by atoms with van der Waals surface area (Å²) in [6, 6.07) is 0. The Hall–Kier alpha value is -0.160. The minimum Gasteiger partial charge on any atom is -0.270 e. The molecule has 0 bridgehead atoms. The second kappa shape index (κ2) is 34.3. The van der Waals surface area contributed by atoms with Gasteiger partial charge in [0.25, 0.3) is 10.1 Å². The molecule has 0 N–H and O–H groups in total. The summed E-state index contributed by atoms with van der Waals surface area (Å²) in [7, 11) is -3.35. The summed E-state index contributed by atoms with van der Waals surface area (Å²) in [5.41, 5.74) is 0. The topological polar surface area (TPSA) is 43.4 Å². The second-order valence-corrected chi connectivity index (χ2v) is 14.5. The molecule has 0 aromatic heterocycles. The molecule has 0 heterocycles. The smallest absolute Gasteiger partial charge is 0.267 e. The SMILES string of the molecule is CCCCCCCCCCCCCCCCCCCCCCCCOS(=O)(=O)CCCCCCCCCCCCF. The largest absolute Gasteiger partial charge is 0.270 e. The first-order valence-corrected chi connectivity index (χ1v) is 20.1. The summed E-state index contributed by atoms with van der Waals surface area (Å²) >= 11 is 0. The predicted molar refractivity (Wildman–Crippen MR) is 179 cm³/mol. The third kappa shape index (κ3) is 35.9. The van der Waals surface area contributed by atoms with Crippen LogP contribution in [0.15, 0.2) is 0 Å². The van der Waals surface area contributed by atoms with Crippen LogP contribution in [0, 0.1) is 0 Å². The van der Waals surface area contributed by atoms with Crippen molar-refractivity contribution in [2.45, 2.75) is 212 Å². The quantitative estimate of drug-likeness (QED) is 0.0528. The molecule has 0 aliphatic carbocycles. The average molecular weight is 605 g/mol. The van der Waals surface area contributed by atoms with Crippen molar-refractivity contribution in [3.63, 3.8) is 0 Å². The molecule has 41 heavy (non-hydrogen) atoms. The first-order chi connectivity index (χ1) is 20.1. The highest BCUT2D eigenvalue weighted by Crippen LogP contribution is 2.16. The Kier molecular flexibility index (Phi) is 34.2. The van der Waals surface area contributed by atoms with E-state index in [-0.39, 0.29) is 12.4 Å². The average Bonchev–Trinajstić information content (AvgIpc) is 2.96. The maximum Gasteiger partial charge on any atom is 0.267 e. The number of rotatable bonds is 36. The van der Waals surface area contributed by atoms with E-state index in [0.717, 1.165) is 38.5 Å². The molecule has 0 fully saturated rings. The van der Waals surface area contributed by atoms with E-state index in [0.29, 0.717) is 19.4 Å². The Labute approximate surface area is 258 Å².